The molecule has 0 bridgehead atoms. The molecule has 1 saturated heterocycles. The highest BCUT2D eigenvalue weighted by molar-refractivity contribution is 6.02. The van der Waals surface area contributed by atoms with Gasteiger partial charge < -0.3 is 30.9 Å². The van der Waals surface area contributed by atoms with Gasteiger partial charge in [0.15, 0.2) is 11.6 Å². The number of anilines is 2. The average Bonchev–Trinajstić information content (AvgIpc) is 3.67. The second-order valence-corrected chi connectivity index (χ2v) is 9.85. The van der Waals surface area contributed by atoms with E-state index in [0.717, 1.165) is 11.8 Å². The predicted molar refractivity (Wildman–Crippen MR) is 136 cm³/mol. The zero-order valence-electron chi connectivity index (χ0n) is 20.2. The number of hydrogen-bond donors (Lipinski definition) is 3. The van der Waals surface area contributed by atoms with Crippen LogP contribution in [0.25, 0.3) is 10.9 Å². The van der Waals surface area contributed by atoms with Crippen LogP contribution in [0.5, 0.6) is 0 Å². The van der Waals surface area contributed by atoms with Crippen LogP contribution in [0.4, 0.5) is 20.2 Å². The van der Waals surface area contributed by atoms with Crippen molar-refractivity contribution in [2.45, 2.75) is 32.4 Å². The Morgan fingerprint density at radius 2 is 1.95 bits per heavy atom. The predicted octanol–water partition coefficient (Wildman–Crippen LogP) is 3.25. The Morgan fingerprint density at radius 3 is 2.57 bits per heavy atom. The van der Waals surface area contributed by atoms with Crippen LogP contribution in [0.1, 0.15) is 41.7 Å². The van der Waals surface area contributed by atoms with Crippen molar-refractivity contribution in [3.05, 3.63) is 69.5 Å². The maximum absolute atomic E-state index is 16.1. The van der Waals surface area contributed by atoms with Crippen molar-refractivity contribution in [1.29, 1.82) is 0 Å². The molecule has 5 N–H and O–H groups in total. The number of carboxylic acids is 1. The molecule has 1 aliphatic carbocycles. The number of hydrogen-bond acceptors (Lipinski definition) is 7. The maximum Gasteiger partial charge on any atom is 0.341 e. The van der Waals surface area contributed by atoms with Crippen LogP contribution in [-0.2, 0) is 11.4 Å². The number of carboxylic acid groups (broad SMARTS) is 1. The summed E-state index contributed by atoms with van der Waals surface area (Å²) in [5.74, 6) is -3.59. The number of oxime groups is 1. The summed E-state index contributed by atoms with van der Waals surface area (Å²) in [6.45, 7) is 2.37. The van der Waals surface area contributed by atoms with Crippen molar-refractivity contribution in [2.24, 2.45) is 16.3 Å². The first-order valence-electron chi connectivity index (χ1n) is 11.9. The molecule has 1 aromatic heterocycles. The molecule has 1 atom stereocenters. The number of nitrogens with zero attached hydrogens (tertiary/aromatic N) is 3. The van der Waals surface area contributed by atoms with Gasteiger partial charge in [-0.25, -0.2) is 13.6 Å². The van der Waals surface area contributed by atoms with E-state index in [4.69, 9.17) is 16.3 Å². The van der Waals surface area contributed by atoms with Gasteiger partial charge in [0.1, 0.15) is 17.9 Å². The Labute approximate surface area is 210 Å². The van der Waals surface area contributed by atoms with E-state index in [-0.39, 0.29) is 37.8 Å². The van der Waals surface area contributed by atoms with Crippen molar-refractivity contribution in [2.75, 3.05) is 30.3 Å². The molecule has 2 aliphatic rings. The number of nitrogen functional groups attached to an aromatic ring is 1. The first kappa shape index (κ1) is 24.7. The van der Waals surface area contributed by atoms with Crippen molar-refractivity contribution in [1.82, 2.24) is 4.57 Å². The van der Waals surface area contributed by atoms with Gasteiger partial charge in [0.05, 0.1) is 28.8 Å². The maximum atomic E-state index is 16.1. The number of carbonyl (C=O) groups is 1. The Hall–Kier alpha value is -3.99. The largest absolute Gasteiger partial charge is 0.477 e. The van der Waals surface area contributed by atoms with Crippen molar-refractivity contribution >= 4 is 34.0 Å². The van der Waals surface area contributed by atoms with Gasteiger partial charge in [-0.3, -0.25) is 4.79 Å². The van der Waals surface area contributed by atoms with Gasteiger partial charge in [0.25, 0.3) is 0 Å². The second-order valence-electron chi connectivity index (χ2n) is 9.85. The summed E-state index contributed by atoms with van der Waals surface area (Å²) >= 11 is 0. The fourth-order valence-electron chi connectivity index (χ4n) is 4.80. The number of benzene rings is 2. The van der Waals surface area contributed by atoms with Crippen LogP contribution >= 0.6 is 0 Å². The molecular weight excluding hydrogens is 484 g/mol. The molecule has 1 saturated carbocycles. The van der Waals surface area contributed by atoms with Crippen LogP contribution in [0.2, 0.25) is 0 Å². The van der Waals surface area contributed by atoms with Crippen LogP contribution < -0.4 is 21.8 Å². The van der Waals surface area contributed by atoms with E-state index < -0.39 is 50.8 Å². The molecule has 0 radical (unpaired) electrons. The Balaban J connectivity index is 1.59. The molecule has 37 heavy (non-hydrogen) atoms. The molecule has 9 nitrogen and oxygen atoms in total. The van der Waals surface area contributed by atoms with Gasteiger partial charge in [-0.15, -0.1) is 0 Å². The Morgan fingerprint density at radius 1 is 1.24 bits per heavy atom. The standard InChI is InChI=1S/C26H27F2N5O4/c1-26(12-29)13-32(10-17(26)31-37-11-14-5-3-2-4-6-14)23-19(27)21(30)18-22(20(23)28)33(15-7-8-15)9-16(24(18)34)25(35)36/h2-6,9,15H,7-8,10-13,29-30H2,1H3,(H,35,36)/b31-17+. The Bertz CT molecular complexity index is 1490. The number of aromatic nitrogens is 1. The van der Waals surface area contributed by atoms with E-state index in [1.807, 2.05) is 37.3 Å². The summed E-state index contributed by atoms with van der Waals surface area (Å²) in [4.78, 5) is 31.5. The van der Waals surface area contributed by atoms with E-state index in [0.29, 0.717) is 18.6 Å². The van der Waals surface area contributed by atoms with Crippen LogP contribution in [-0.4, -0.2) is 41.0 Å². The van der Waals surface area contributed by atoms with Gasteiger partial charge in [0, 0.05) is 30.7 Å². The lowest BCUT2D eigenvalue weighted by molar-refractivity contribution is 0.0694. The first-order chi connectivity index (χ1) is 17.7. The quantitative estimate of drug-likeness (QED) is 0.327. The molecule has 1 unspecified atom stereocenters. The summed E-state index contributed by atoms with van der Waals surface area (Å²) in [6.07, 6.45) is 2.47. The molecule has 1 aliphatic heterocycles. The van der Waals surface area contributed by atoms with Gasteiger partial charge >= 0.3 is 5.97 Å². The van der Waals surface area contributed by atoms with Crippen molar-refractivity contribution < 1.29 is 23.5 Å². The first-order valence-corrected chi connectivity index (χ1v) is 11.9. The lowest BCUT2D eigenvalue weighted by Gasteiger charge is -2.25. The second kappa shape index (κ2) is 9.15. The smallest absolute Gasteiger partial charge is 0.341 e. The number of aromatic carboxylic acids is 1. The summed E-state index contributed by atoms with van der Waals surface area (Å²) in [7, 11) is 0. The van der Waals surface area contributed by atoms with Gasteiger partial charge in [-0.05, 0) is 18.4 Å². The number of nitrogens with two attached hydrogens (primary N) is 2. The topological polar surface area (TPSA) is 136 Å². The number of rotatable bonds is 7. The fraction of sp³-hybridized carbons (Fsp3) is 0.346. The minimum absolute atomic E-state index is 0.0299. The van der Waals surface area contributed by atoms with Crippen molar-refractivity contribution in [3.63, 3.8) is 0 Å². The molecule has 0 spiro atoms. The Kier molecular flexibility index (Phi) is 6.10. The van der Waals surface area contributed by atoms with Crippen LogP contribution in [0.15, 0.2) is 46.5 Å². The third-order valence-electron chi connectivity index (χ3n) is 7.13. The summed E-state index contributed by atoms with van der Waals surface area (Å²) in [6, 6.07) is 9.22. The van der Waals surface area contributed by atoms with Crippen LogP contribution in [0.3, 0.4) is 0 Å². The highest BCUT2D eigenvalue weighted by Gasteiger charge is 2.43. The lowest BCUT2D eigenvalue weighted by Crippen LogP contribution is -2.36. The fourth-order valence-corrected chi connectivity index (χ4v) is 4.80. The number of pyridine rings is 1. The molecule has 2 heterocycles. The molecular formula is C26H27F2N5O4. The van der Waals surface area contributed by atoms with E-state index in [9.17, 15) is 14.7 Å². The third-order valence-corrected chi connectivity index (χ3v) is 7.13. The van der Waals surface area contributed by atoms with Crippen LogP contribution in [0, 0.1) is 17.0 Å². The number of halogens is 2. The monoisotopic (exact) mass is 511 g/mol. The van der Waals surface area contributed by atoms with Gasteiger partial charge in [0.2, 0.25) is 5.43 Å². The highest BCUT2D eigenvalue weighted by Crippen LogP contribution is 2.43. The molecule has 0 amide bonds. The zero-order valence-corrected chi connectivity index (χ0v) is 20.2. The highest BCUT2D eigenvalue weighted by atomic mass is 19.1. The molecule has 2 aromatic carbocycles. The summed E-state index contributed by atoms with van der Waals surface area (Å²) in [5.41, 5.74) is 9.97. The molecule has 194 valence electrons. The van der Waals surface area contributed by atoms with E-state index >= 15 is 8.78 Å². The zero-order chi connectivity index (χ0) is 26.5. The average molecular weight is 512 g/mol. The molecule has 5 rings (SSSR count). The van der Waals surface area contributed by atoms with E-state index in [2.05, 4.69) is 5.16 Å². The summed E-state index contributed by atoms with van der Waals surface area (Å²) in [5, 5.41) is 13.3. The SMILES string of the molecule is CC1(CN)CN(c2c(F)c(N)c3c(=O)c(C(=O)O)cn(C4CC4)c3c2F)C/C1=N\OCc1ccccc1. The van der Waals surface area contributed by atoms with E-state index in [1.165, 1.54) is 9.47 Å². The van der Waals surface area contributed by atoms with Gasteiger partial charge in [-0.1, -0.05) is 42.4 Å². The minimum Gasteiger partial charge on any atom is -0.477 e. The minimum atomic E-state index is -1.49. The molecule has 11 heteroatoms. The number of fused-ring (bicyclic) bond motifs is 1. The lowest BCUT2D eigenvalue weighted by atomic mass is 9.88. The van der Waals surface area contributed by atoms with Gasteiger partial charge in [-0.2, -0.15) is 0 Å². The summed E-state index contributed by atoms with van der Waals surface area (Å²) < 4.78 is 33.2. The normalized spacial score (nSPS) is 20.6. The van der Waals surface area contributed by atoms with E-state index in [1.54, 1.807) is 0 Å². The third kappa shape index (κ3) is 4.18. The van der Waals surface area contributed by atoms with Crippen molar-refractivity contribution in [3.8, 4) is 0 Å². The molecule has 2 fully saturated rings. The molecule has 3 aromatic rings.